The third kappa shape index (κ3) is 1.60. The highest BCUT2D eigenvalue weighted by atomic mass is 16.6. The average Bonchev–Trinajstić information content (AvgIpc) is 2.23. The molecule has 0 bridgehead atoms. The second kappa shape index (κ2) is 3.17. The summed E-state index contributed by atoms with van der Waals surface area (Å²) >= 11 is 0. The maximum absolute atomic E-state index is 10.9. The van der Waals surface area contributed by atoms with E-state index in [9.17, 15) is 4.79 Å². The zero-order valence-corrected chi connectivity index (χ0v) is 7.59. The number of hydrogen-bond donors (Lipinski definition) is 1. The van der Waals surface area contributed by atoms with Crippen molar-refractivity contribution < 1.29 is 9.53 Å². The Morgan fingerprint density at radius 1 is 1.67 bits per heavy atom. The lowest BCUT2D eigenvalue weighted by Gasteiger charge is -2.24. The molecule has 1 atom stereocenters. The molecule has 0 aromatic carbocycles. The van der Waals surface area contributed by atoms with Gasteiger partial charge in [0.15, 0.2) is 0 Å². The molecule has 1 heterocycles. The van der Waals surface area contributed by atoms with Crippen LogP contribution in [-0.4, -0.2) is 11.6 Å². The molecule has 0 aromatic rings. The van der Waals surface area contributed by atoms with E-state index in [0.717, 1.165) is 19.3 Å². The lowest BCUT2D eigenvalue weighted by molar-refractivity contribution is -0.145. The second-order valence-corrected chi connectivity index (χ2v) is 3.36. The predicted octanol–water partition coefficient (Wildman–Crippen LogP) is 1.33. The number of unbranched alkanes of at least 4 members (excludes halogenated alkanes) is 1. The van der Waals surface area contributed by atoms with Crippen LogP contribution in [-0.2, 0) is 9.53 Å². The second-order valence-electron chi connectivity index (χ2n) is 3.36. The van der Waals surface area contributed by atoms with Crippen LogP contribution in [0, 0.1) is 0 Å². The Kier molecular flexibility index (Phi) is 2.40. The molecule has 0 aliphatic carbocycles. The molecule has 0 amide bonds. The number of carbonyl (C=O) groups excluding carboxylic acids is 1. The summed E-state index contributed by atoms with van der Waals surface area (Å²) in [7, 11) is 0. The number of cyclic esters (lactones) is 1. The van der Waals surface area contributed by atoms with Crippen LogP contribution in [0.15, 0.2) is 11.8 Å². The van der Waals surface area contributed by atoms with E-state index in [4.69, 9.17) is 10.5 Å². The Labute approximate surface area is 72.6 Å². The zero-order valence-electron chi connectivity index (χ0n) is 7.59. The molecule has 1 rings (SSSR count). The van der Waals surface area contributed by atoms with Crippen molar-refractivity contribution in [3.8, 4) is 0 Å². The Balaban J connectivity index is 2.61. The van der Waals surface area contributed by atoms with E-state index in [1.165, 1.54) is 6.08 Å². The van der Waals surface area contributed by atoms with Crippen molar-refractivity contribution in [2.75, 3.05) is 0 Å². The van der Waals surface area contributed by atoms with E-state index >= 15 is 0 Å². The highest BCUT2D eigenvalue weighted by molar-refractivity contribution is 5.86. The van der Waals surface area contributed by atoms with Gasteiger partial charge < -0.3 is 10.5 Å². The van der Waals surface area contributed by atoms with Crippen LogP contribution in [0.2, 0.25) is 0 Å². The van der Waals surface area contributed by atoms with E-state index in [1.807, 2.05) is 6.92 Å². The van der Waals surface area contributed by atoms with Crippen LogP contribution in [0.25, 0.3) is 0 Å². The molecule has 1 aliphatic rings. The number of nitrogens with two attached hydrogens (primary N) is 1. The van der Waals surface area contributed by atoms with Crippen molar-refractivity contribution in [3.63, 3.8) is 0 Å². The van der Waals surface area contributed by atoms with Gasteiger partial charge in [-0.3, -0.25) is 0 Å². The van der Waals surface area contributed by atoms with E-state index < -0.39 is 5.60 Å². The first-order valence-corrected chi connectivity index (χ1v) is 4.29. The molecule has 68 valence electrons. The summed E-state index contributed by atoms with van der Waals surface area (Å²) in [5, 5.41) is 0. The summed E-state index contributed by atoms with van der Waals surface area (Å²) < 4.78 is 5.11. The molecule has 0 spiro atoms. The van der Waals surface area contributed by atoms with Gasteiger partial charge >= 0.3 is 5.97 Å². The summed E-state index contributed by atoms with van der Waals surface area (Å²) in [5.41, 5.74) is 5.68. The van der Waals surface area contributed by atoms with Crippen molar-refractivity contribution >= 4 is 5.97 Å². The van der Waals surface area contributed by atoms with Gasteiger partial charge in [0.1, 0.15) is 5.60 Å². The number of hydrogen-bond acceptors (Lipinski definition) is 3. The molecule has 0 fully saturated rings. The van der Waals surface area contributed by atoms with E-state index in [1.54, 1.807) is 0 Å². The number of ether oxygens (including phenoxy) is 1. The van der Waals surface area contributed by atoms with Gasteiger partial charge in [-0.15, -0.1) is 0 Å². The molecule has 3 nitrogen and oxygen atoms in total. The first-order chi connectivity index (χ1) is 5.58. The molecule has 1 aliphatic heterocycles. The van der Waals surface area contributed by atoms with Gasteiger partial charge in [-0.25, -0.2) is 4.79 Å². The third-order valence-corrected chi connectivity index (χ3v) is 2.22. The minimum absolute atomic E-state index is 0.314. The van der Waals surface area contributed by atoms with Crippen molar-refractivity contribution in [2.24, 2.45) is 5.73 Å². The van der Waals surface area contributed by atoms with Crippen LogP contribution in [0.3, 0.4) is 0 Å². The Bertz CT molecular complexity index is 223. The largest absolute Gasteiger partial charge is 0.450 e. The molecule has 0 radical (unpaired) electrons. The Hall–Kier alpha value is -0.990. The van der Waals surface area contributed by atoms with Crippen molar-refractivity contribution in [1.29, 1.82) is 0 Å². The molecular formula is C9H15NO2. The van der Waals surface area contributed by atoms with E-state index in [2.05, 4.69) is 6.92 Å². The highest BCUT2D eigenvalue weighted by Gasteiger charge is 2.36. The van der Waals surface area contributed by atoms with Crippen LogP contribution < -0.4 is 5.73 Å². The molecule has 12 heavy (non-hydrogen) atoms. The normalized spacial score (nSPS) is 28.5. The minimum Gasteiger partial charge on any atom is -0.450 e. The lowest BCUT2D eigenvalue weighted by atomic mass is 9.96. The summed E-state index contributed by atoms with van der Waals surface area (Å²) in [4.78, 5) is 10.9. The lowest BCUT2D eigenvalue weighted by Crippen LogP contribution is -2.31. The van der Waals surface area contributed by atoms with Crippen LogP contribution >= 0.6 is 0 Å². The summed E-state index contributed by atoms with van der Waals surface area (Å²) in [6.45, 7) is 3.96. The standard InChI is InChI=1S/C9H15NO2/c1-3-4-5-9(2)7(10)6-8(11)12-9/h6H,3-5,10H2,1-2H3. The first kappa shape index (κ1) is 9.10. The Morgan fingerprint density at radius 3 is 2.75 bits per heavy atom. The van der Waals surface area contributed by atoms with Crippen molar-refractivity contribution in [3.05, 3.63) is 11.8 Å². The molecule has 3 heteroatoms. The fourth-order valence-electron chi connectivity index (χ4n) is 1.30. The van der Waals surface area contributed by atoms with Gasteiger partial charge in [0, 0.05) is 6.08 Å². The quantitative estimate of drug-likeness (QED) is 0.648. The van der Waals surface area contributed by atoms with Crippen molar-refractivity contribution in [2.45, 2.75) is 38.7 Å². The summed E-state index contributed by atoms with van der Waals surface area (Å²) in [6.07, 6.45) is 4.30. The molecule has 0 saturated heterocycles. The highest BCUT2D eigenvalue weighted by Crippen LogP contribution is 2.29. The predicted molar refractivity (Wildman–Crippen MR) is 46.3 cm³/mol. The average molecular weight is 169 g/mol. The van der Waals surface area contributed by atoms with Crippen LogP contribution in [0.1, 0.15) is 33.1 Å². The van der Waals surface area contributed by atoms with Crippen molar-refractivity contribution in [1.82, 2.24) is 0 Å². The van der Waals surface area contributed by atoms with Gasteiger partial charge in [0.2, 0.25) is 0 Å². The van der Waals surface area contributed by atoms with E-state index in [0.29, 0.717) is 5.70 Å². The third-order valence-electron chi connectivity index (χ3n) is 2.22. The number of rotatable bonds is 3. The monoisotopic (exact) mass is 169 g/mol. The van der Waals surface area contributed by atoms with Crippen LogP contribution in [0.5, 0.6) is 0 Å². The molecule has 1 unspecified atom stereocenters. The van der Waals surface area contributed by atoms with Gasteiger partial charge in [0.25, 0.3) is 0 Å². The topological polar surface area (TPSA) is 52.3 Å². The number of carbonyl (C=O) groups is 1. The first-order valence-electron chi connectivity index (χ1n) is 4.29. The molecular weight excluding hydrogens is 154 g/mol. The molecule has 2 N–H and O–H groups in total. The minimum atomic E-state index is -0.535. The SMILES string of the molecule is CCCCC1(C)OC(=O)C=C1N. The maximum atomic E-state index is 10.9. The molecule has 0 saturated carbocycles. The fourth-order valence-corrected chi connectivity index (χ4v) is 1.30. The van der Waals surface area contributed by atoms with Gasteiger partial charge in [-0.1, -0.05) is 13.3 Å². The summed E-state index contributed by atoms with van der Waals surface area (Å²) in [6, 6.07) is 0. The van der Waals surface area contributed by atoms with E-state index in [-0.39, 0.29) is 5.97 Å². The molecule has 0 aromatic heterocycles. The van der Waals surface area contributed by atoms with Gasteiger partial charge in [0.05, 0.1) is 5.70 Å². The van der Waals surface area contributed by atoms with Gasteiger partial charge in [-0.05, 0) is 19.8 Å². The van der Waals surface area contributed by atoms with Crippen LogP contribution in [0.4, 0.5) is 0 Å². The summed E-state index contributed by atoms with van der Waals surface area (Å²) in [5.74, 6) is -0.314. The zero-order chi connectivity index (χ0) is 9.19. The number of esters is 1. The fraction of sp³-hybridized carbons (Fsp3) is 0.667. The maximum Gasteiger partial charge on any atom is 0.333 e. The van der Waals surface area contributed by atoms with Gasteiger partial charge in [-0.2, -0.15) is 0 Å². The Morgan fingerprint density at radius 2 is 2.33 bits per heavy atom. The smallest absolute Gasteiger partial charge is 0.333 e.